The zero-order valence-electron chi connectivity index (χ0n) is 13.5. The summed E-state index contributed by atoms with van der Waals surface area (Å²) in [6.07, 6.45) is -4.70. The molecule has 0 radical (unpaired) electrons. The van der Waals surface area contributed by atoms with Crippen molar-refractivity contribution in [2.75, 3.05) is 0 Å². The Morgan fingerprint density at radius 3 is 2.69 bits per heavy atom. The van der Waals surface area contributed by atoms with Crippen LogP contribution in [0.2, 0.25) is 4.34 Å². The van der Waals surface area contributed by atoms with Crippen molar-refractivity contribution in [3.63, 3.8) is 0 Å². The molecule has 0 amide bonds. The monoisotopic (exact) mass is 419 g/mol. The number of alkyl halides is 3. The summed E-state index contributed by atoms with van der Waals surface area (Å²) in [6, 6.07) is 9.59. The molecule has 3 rings (SSSR count). The third kappa shape index (κ3) is 4.72. The predicted octanol–water partition coefficient (Wildman–Crippen LogP) is 5.87. The van der Waals surface area contributed by atoms with Gasteiger partial charge in [0.15, 0.2) is 11.0 Å². The molecule has 2 heterocycles. The number of halogens is 4. The third-order valence-corrected chi connectivity index (χ3v) is 5.59. The molecule has 0 fully saturated rings. The highest BCUT2D eigenvalue weighted by atomic mass is 35.5. The number of nitrogens with zero attached hydrogens (tertiary/aromatic N) is 3. The highest BCUT2D eigenvalue weighted by molar-refractivity contribution is 7.98. The van der Waals surface area contributed by atoms with E-state index in [2.05, 4.69) is 14.9 Å². The van der Waals surface area contributed by atoms with Gasteiger partial charge < -0.3 is 9.30 Å². The smallest absolute Gasteiger partial charge is 0.406 e. The van der Waals surface area contributed by atoms with Gasteiger partial charge in [-0.2, -0.15) is 0 Å². The first-order valence-corrected chi connectivity index (χ1v) is 9.70. The summed E-state index contributed by atoms with van der Waals surface area (Å²) in [5.74, 6) is 0.931. The van der Waals surface area contributed by atoms with E-state index in [1.165, 1.54) is 41.3 Å². The molecule has 2 aromatic heterocycles. The molecule has 0 unspecified atom stereocenters. The molecule has 0 spiro atoms. The maximum Gasteiger partial charge on any atom is 0.573 e. The Morgan fingerprint density at radius 2 is 2.04 bits per heavy atom. The average molecular weight is 420 g/mol. The van der Waals surface area contributed by atoms with Crippen molar-refractivity contribution in [3.8, 4) is 16.5 Å². The largest absolute Gasteiger partial charge is 0.573 e. The van der Waals surface area contributed by atoms with E-state index in [0.29, 0.717) is 27.4 Å². The van der Waals surface area contributed by atoms with Crippen molar-refractivity contribution in [1.29, 1.82) is 0 Å². The second-order valence-electron chi connectivity index (χ2n) is 5.14. The van der Waals surface area contributed by atoms with Crippen LogP contribution in [0, 0.1) is 0 Å². The van der Waals surface area contributed by atoms with Crippen LogP contribution < -0.4 is 4.74 Å². The van der Waals surface area contributed by atoms with Gasteiger partial charge in [0, 0.05) is 12.3 Å². The van der Waals surface area contributed by atoms with Crippen LogP contribution in [0.1, 0.15) is 12.5 Å². The summed E-state index contributed by atoms with van der Waals surface area (Å²) in [5.41, 5.74) is 0.697. The summed E-state index contributed by atoms with van der Waals surface area (Å²) < 4.78 is 43.6. The van der Waals surface area contributed by atoms with E-state index in [1.807, 2.05) is 17.6 Å². The van der Waals surface area contributed by atoms with E-state index in [-0.39, 0.29) is 5.75 Å². The molecule has 0 saturated carbocycles. The second-order valence-corrected chi connectivity index (χ2v) is 7.80. The minimum absolute atomic E-state index is 0.235. The normalized spacial score (nSPS) is 11.7. The maximum absolute atomic E-state index is 12.3. The lowest BCUT2D eigenvalue weighted by atomic mass is 10.2. The Kier molecular flexibility index (Phi) is 5.79. The number of hydrogen-bond acceptors (Lipinski definition) is 5. The van der Waals surface area contributed by atoms with Crippen LogP contribution in [0.15, 0.2) is 41.6 Å². The van der Waals surface area contributed by atoms with E-state index in [0.717, 1.165) is 10.7 Å². The lowest BCUT2D eigenvalue weighted by Crippen LogP contribution is -2.17. The zero-order chi connectivity index (χ0) is 18.7. The molecule has 0 bridgehead atoms. The van der Waals surface area contributed by atoms with Gasteiger partial charge in [0.25, 0.3) is 0 Å². The molecule has 4 nitrogen and oxygen atoms in total. The Balaban J connectivity index is 1.74. The lowest BCUT2D eigenvalue weighted by Gasteiger charge is -2.10. The first-order chi connectivity index (χ1) is 12.4. The second kappa shape index (κ2) is 7.89. The van der Waals surface area contributed by atoms with Crippen molar-refractivity contribution in [2.45, 2.75) is 30.7 Å². The van der Waals surface area contributed by atoms with Gasteiger partial charge in [-0.25, -0.2) is 0 Å². The number of thiophene rings is 1. The average Bonchev–Trinajstić information content (AvgIpc) is 3.17. The predicted molar refractivity (Wildman–Crippen MR) is 96.7 cm³/mol. The van der Waals surface area contributed by atoms with Gasteiger partial charge in [0.05, 0.1) is 9.21 Å². The fraction of sp³-hybridized carbons (Fsp3) is 0.250. The van der Waals surface area contributed by atoms with Crippen LogP contribution >= 0.6 is 34.7 Å². The number of rotatable bonds is 6. The summed E-state index contributed by atoms with van der Waals surface area (Å²) in [7, 11) is 0. The minimum Gasteiger partial charge on any atom is -0.406 e. The van der Waals surface area contributed by atoms with Crippen molar-refractivity contribution in [3.05, 3.63) is 46.3 Å². The SMILES string of the molecule is CCn1c(SCc2cccc(OC(F)(F)F)c2)nnc1-c1ccc(Cl)s1. The van der Waals surface area contributed by atoms with E-state index < -0.39 is 6.36 Å². The van der Waals surface area contributed by atoms with E-state index in [1.54, 1.807) is 12.1 Å². The van der Waals surface area contributed by atoms with Crippen molar-refractivity contribution in [2.24, 2.45) is 0 Å². The van der Waals surface area contributed by atoms with Crippen LogP contribution in [0.25, 0.3) is 10.7 Å². The minimum atomic E-state index is -4.70. The highest BCUT2D eigenvalue weighted by Crippen LogP contribution is 2.33. The molecule has 26 heavy (non-hydrogen) atoms. The molecule has 0 aliphatic rings. The molecule has 0 N–H and O–H groups in total. The van der Waals surface area contributed by atoms with E-state index in [4.69, 9.17) is 11.6 Å². The van der Waals surface area contributed by atoms with Crippen LogP contribution in [-0.2, 0) is 12.3 Å². The molecule has 0 aliphatic carbocycles. The molecule has 0 aliphatic heterocycles. The fourth-order valence-electron chi connectivity index (χ4n) is 2.28. The summed E-state index contributed by atoms with van der Waals surface area (Å²) in [5, 5.41) is 9.11. The van der Waals surface area contributed by atoms with Gasteiger partial charge in [-0.05, 0) is 36.8 Å². The van der Waals surface area contributed by atoms with Gasteiger partial charge >= 0.3 is 6.36 Å². The zero-order valence-corrected chi connectivity index (χ0v) is 15.8. The first kappa shape index (κ1) is 19.1. The van der Waals surface area contributed by atoms with Gasteiger partial charge in [0.1, 0.15) is 5.75 Å². The van der Waals surface area contributed by atoms with Crippen LogP contribution in [0.4, 0.5) is 13.2 Å². The summed E-state index contributed by atoms with van der Waals surface area (Å²) in [6.45, 7) is 2.64. The molecule has 0 atom stereocenters. The van der Waals surface area contributed by atoms with E-state index in [9.17, 15) is 13.2 Å². The summed E-state index contributed by atoms with van der Waals surface area (Å²) >= 11 is 8.79. The molecule has 0 saturated heterocycles. The van der Waals surface area contributed by atoms with Crippen LogP contribution in [0.5, 0.6) is 5.75 Å². The Morgan fingerprint density at radius 1 is 1.23 bits per heavy atom. The van der Waals surface area contributed by atoms with Gasteiger partial charge in [-0.1, -0.05) is 35.5 Å². The van der Waals surface area contributed by atoms with Gasteiger partial charge in [-0.15, -0.1) is 34.7 Å². The van der Waals surface area contributed by atoms with Gasteiger partial charge in [0.2, 0.25) is 0 Å². The van der Waals surface area contributed by atoms with Crippen molar-refractivity contribution < 1.29 is 17.9 Å². The highest BCUT2D eigenvalue weighted by Gasteiger charge is 2.31. The lowest BCUT2D eigenvalue weighted by molar-refractivity contribution is -0.274. The number of thioether (sulfide) groups is 1. The number of hydrogen-bond donors (Lipinski definition) is 0. The Labute approximate surface area is 161 Å². The molecular weight excluding hydrogens is 407 g/mol. The molecule has 10 heteroatoms. The van der Waals surface area contributed by atoms with Crippen molar-refractivity contribution in [1.82, 2.24) is 14.8 Å². The molecule has 3 aromatic rings. The fourth-order valence-corrected chi connectivity index (χ4v) is 4.26. The first-order valence-electron chi connectivity index (χ1n) is 7.52. The van der Waals surface area contributed by atoms with Crippen molar-refractivity contribution >= 4 is 34.7 Å². The third-order valence-electron chi connectivity index (χ3n) is 3.33. The Hall–Kier alpha value is -1.71. The number of benzene rings is 1. The summed E-state index contributed by atoms with van der Waals surface area (Å²) in [4.78, 5) is 0.914. The van der Waals surface area contributed by atoms with Crippen LogP contribution in [-0.4, -0.2) is 21.1 Å². The van der Waals surface area contributed by atoms with E-state index >= 15 is 0 Å². The number of aromatic nitrogens is 3. The van der Waals surface area contributed by atoms with Crippen LogP contribution in [0.3, 0.4) is 0 Å². The maximum atomic E-state index is 12.3. The molecule has 1 aromatic carbocycles. The topological polar surface area (TPSA) is 39.9 Å². The Bertz CT molecular complexity index is 895. The number of ether oxygens (including phenoxy) is 1. The molecular formula is C16H13ClF3N3OS2. The standard InChI is InChI=1S/C16H13ClF3N3OS2/c1-2-23-14(12-6-7-13(17)26-12)21-22-15(23)25-9-10-4-3-5-11(8-10)24-16(18,19)20/h3-8H,2,9H2,1H3. The molecule has 138 valence electrons. The quantitative estimate of drug-likeness (QED) is 0.468. The van der Waals surface area contributed by atoms with Gasteiger partial charge in [-0.3, -0.25) is 0 Å².